The summed E-state index contributed by atoms with van der Waals surface area (Å²) < 4.78 is 10.7. The summed E-state index contributed by atoms with van der Waals surface area (Å²) in [5.74, 6) is 1.76. The lowest BCUT2D eigenvalue weighted by molar-refractivity contribution is -0.129. The zero-order valence-electron chi connectivity index (χ0n) is 11.4. The summed E-state index contributed by atoms with van der Waals surface area (Å²) in [4.78, 5) is 13.7. The molecule has 104 valence electrons. The molecule has 1 amide bonds. The highest BCUT2D eigenvalue weighted by molar-refractivity contribution is 5.83. The largest absolute Gasteiger partial charge is 0.497 e. The molecule has 1 saturated heterocycles. The van der Waals surface area contributed by atoms with Gasteiger partial charge >= 0.3 is 0 Å². The van der Waals surface area contributed by atoms with E-state index in [-0.39, 0.29) is 11.9 Å². The zero-order valence-corrected chi connectivity index (χ0v) is 11.4. The van der Waals surface area contributed by atoms with Crippen LogP contribution in [0.3, 0.4) is 0 Å². The molecule has 1 heterocycles. The minimum atomic E-state index is -0.0269. The van der Waals surface area contributed by atoms with E-state index in [0.29, 0.717) is 13.2 Å². The monoisotopic (exact) mass is 264 g/mol. The third-order valence-corrected chi connectivity index (χ3v) is 3.34. The van der Waals surface area contributed by atoms with E-state index in [1.807, 2.05) is 36.2 Å². The molecule has 1 unspecified atom stereocenters. The first-order valence-electron chi connectivity index (χ1n) is 6.47. The number of carbonyl (C=O) groups is 1. The smallest absolute Gasteiger partial charge is 0.239 e. The lowest BCUT2D eigenvalue weighted by atomic mass is 10.3. The molecule has 0 spiro atoms. The molecule has 0 bridgehead atoms. The summed E-state index contributed by atoms with van der Waals surface area (Å²) >= 11 is 0. The summed E-state index contributed by atoms with van der Waals surface area (Å²) in [5.41, 5.74) is 0. The topological polar surface area (TPSA) is 50.8 Å². The van der Waals surface area contributed by atoms with Crippen LogP contribution in [0.1, 0.15) is 6.42 Å². The number of ether oxygens (including phenoxy) is 2. The van der Waals surface area contributed by atoms with Gasteiger partial charge in [0, 0.05) is 6.54 Å². The van der Waals surface area contributed by atoms with Crippen molar-refractivity contribution in [1.29, 1.82) is 0 Å². The second kappa shape index (κ2) is 6.43. The fourth-order valence-electron chi connectivity index (χ4n) is 2.17. The fraction of sp³-hybridized carbons (Fsp3) is 0.500. The Bertz CT molecular complexity index is 419. The average molecular weight is 264 g/mol. The number of amides is 1. The van der Waals surface area contributed by atoms with Crippen molar-refractivity contribution >= 4 is 5.91 Å². The van der Waals surface area contributed by atoms with Crippen LogP contribution >= 0.6 is 0 Å². The summed E-state index contributed by atoms with van der Waals surface area (Å²) in [5, 5.41) is 3.02. The standard InChI is InChI=1S/C14H20N2O3/c1-15-13-7-8-16(14(13)17)9-10-19-12-5-3-11(18-2)4-6-12/h3-6,13,15H,7-10H2,1-2H3. The molecule has 0 radical (unpaired) electrons. The Labute approximate surface area is 113 Å². The summed E-state index contributed by atoms with van der Waals surface area (Å²) in [6.07, 6.45) is 0.873. The van der Waals surface area contributed by atoms with Crippen molar-refractivity contribution in [2.24, 2.45) is 0 Å². The van der Waals surface area contributed by atoms with Crippen molar-refractivity contribution in [3.8, 4) is 11.5 Å². The van der Waals surface area contributed by atoms with E-state index in [1.54, 1.807) is 7.11 Å². The van der Waals surface area contributed by atoms with Crippen molar-refractivity contribution < 1.29 is 14.3 Å². The number of methoxy groups -OCH3 is 1. The molecule has 19 heavy (non-hydrogen) atoms. The second-order valence-corrected chi connectivity index (χ2v) is 4.48. The van der Waals surface area contributed by atoms with Crippen LogP contribution in [0, 0.1) is 0 Å². The van der Waals surface area contributed by atoms with Gasteiger partial charge in [-0.25, -0.2) is 0 Å². The molecule has 0 aliphatic carbocycles. The van der Waals surface area contributed by atoms with E-state index < -0.39 is 0 Å². The highest BCUT2D eigenvalue weighted by Crippen LogP contribution is 2.17. The van der Waals surface area contributed by atoms with Crippen molar-refractivity contribution in [3.63, 3.8) is 0 Å². The first-order chi connectivity index (χ1) is 9.24. The fourth-order valence-corrected chi connectivity index (χ4v) is 2.17. The normalized spacial score (nSPS) is 18.7. The van der Waals surface area contributed by atoms with E-state index in [9.17, 15) is 4.79 Å². The number of benzene rings is 1. The minimum Gasteiger partial charge on any atom is -0.497 e. The molecule has 1 aromatic rings. The molecular formula is C14H20N2O3. The predicted octanol–water partition coefficient (Wildman–Crippen LogP) is 0.894. The molecule has 0 aromatic heterocycles. The molecule has 1 aromatic carbocycles. The van der Waals surface area contributed by atoms with Gasteiger partial charge in [0.2, 0.25) is 5.91 Å². The number of hydrogen-bond acceptors (Lipinski definition) is 4. The van der Waals surface area contributed by atoms with Gasteiger partial charge in [0.05, 0.1) is 19.7 Å². The highest BCUT2D eigenvalue weighted by Gasteiger charge is 2.29. The first kappa shape index (κ1) is 13.7. The highest BCUT2D eigenvalue weighted by atomic mass is 16.5. The van der Waals surface area contributed by atoms with E-state index in [2.05, 4.69) is 5.32 Å². The van der Waals surface area contributed by atoms with Gasteiger partial charge in [0.1, 0.15) is 18.1 Å². The number of rotatable bonds is 6. The summed E-state index contributed by atoms with van der Waals surface area (Å²) in [6.45, 7) is 1.94. The van der Waals surface area contributed by atoms with Gasteiger partial charge in [-0.1, -0.05) is 0 Å². The molecule has 5 heteroatoms. The molecule has 5 nitrogen and oxygen atoms in total. The molecule has 1 aliphatic heterocycles. The molecule has 0 saturated carbocycles. The Balaban J connectivity index is 1.76. The molecular weight excluding hydrogens is 244 g/mol. The number of likely N-dealkylation sites (tertiary alicyclic amines) is 1. The van der Waals surface area contributed by atoms with Crippen LogP contribution in [0.2, 0.25) is 0 Å². The quantitative estimate of drug-likeness (QED) is 0.829. The van der Waals surface area contributed by atoms with Crippen LogP contribution in [0.4, 0.5) is 0 Å². The minimum absolute atomic E-state index is 0.0269. The molecule has 1 aliphatic rings. The Morgan fingerprint density at radius 2 is 2.00 bits per heavy atom. The van der Waals surface area contributed by atoms with Crippen molar-refractivity contribution in [3.05, 3.63) is 24.3 Å². The van der Waals surface area contributed by atoms with Crippen molar-refractivity contribution in [1.82, 2.24) is 10.2 Å². The maximum Gasteiger partial charge on any atom is 0.239 e. The maximum absolute atomic E-state index is 11.9. The van der Waals surface area contributed by atoms with Gasteiger partial charge in [0.25, 0.3) is 0 Å². The van der Waals surface area contributed by atoms with Crippen LogP contribution in [0.5, 0.6) is 11.5 Å². The lowest BCUT2D eigenvalue weighted by Crippen LogP contribution is -2.37. The predicted molar refractivity (Wildman–Crippen MR) is 72.5 cm³/mol. The van der Waals surface area contributed by atoms with E-state index in [0.717, 1.165) is 24.5 Å². The number of nitrogens with zero attached hydrogens (tertiary/aromatic N) is 1. The number of carbonyl (C=O) groups excluding carboxylic acids is 1. The molecule has 1 fully saturated rings. The number of hydrogen-bond donors (Lipinski definition) is 1. The van der Waals surface area contributed by atoms with Crippen molar-refractivity contribution in [2.45, 2.75) is 12.5 Å². The van der Waals surface area contributed by atoms with Crippen molar-refractivity contribution in [2.75, 3.05) is 33.9 Å². The Kier molecular flexibility index (Phi) is 4.63. The summed E-state index contributed by atoms with van der Waals surface area (Å²) in [7, 11) is 3.45. The SMILES string of the molecule is CNC1CCN(CCOc2ccc(OC)cc2)C1=O. The Morgan fingerprint density at radius 3 is 2.58 bits per heavy atom. The molecule has 1 N–H and O–H groups in total. The first-order valence-corrected chi connectivity index (χ1v) is 6.47. The van der Waals surface area contributed by atoms with Gasteiger partial charge < -0.3 is 19.7 Å². The summed E-state index contributed by atoms with van der Waals surface area (Å²) in [6, 6.07) is 7.41. The number of nitrogens with one attached hydrogen (secondary N) is 1. The van der Waals surface area contributed by atoms with Crippen LogP contribution in [0.15, 0.2) is 24.3 Å². The van der Waals surface area contributed by atoms with Gasteiger partial charge in [-0.2, -0.15) is 0 Å². The van der Waals surface area contributed by atoms with E-state index in [1.165, 1.54) is 0 Å². The van der Waals surface area contributed by atoms with Gasteiger partial charge in [-0.15, -0.1) is 0 Å². The van der Waals surface area contributed by atoms with Crippen LogP contribution < -0.4 is 14.8 Å². The van der Waals surface area contributed by atoms with Gasteiger partial charge in [-0.3, -0.25) is 4.79 Å². The van der Waals surface area contributed by atoms with E-state index in [4.69, 9.17) is 9.47 Å². The van der Waals surface area contributed by atoms with Crippen LogP contribution in [-0.4, -0.2) is 50.7 Å². The molecule has 2 rings (SSSR count). The van der Waals surface area contributed by atoms with E-state index >= 15 is 0 Å². The Morgan fingerprint density at radius 1 is 1.32 bits per heavy atom. The third kappa shape index (κ3) is 3.38. The second-order valence-electron chi connectivity index (χ2n) is 4.48. The van der Waals surface area contributed by atoms with Gasteiger partial charge in [-0.05, 0) is 37.7 Å². The lowest BCUT2D eigenvalue weighted by Gasteiger charge is -2.17. The number of likely N-dealkylation sites (N-methyl/N-ethyl adjacent to an activating group) is 1. The van der Waals surface area contributed by atoms with Crippen LogP contribution in [0.25, 0.3) is 0 Å². The third-order valence-electron chi connectivity index (χ3n) is 3.34. The van der Waals surface area contributed by atoms with Crippen LogP contribution in [-0.2, 0) is 4.79 Å². The molecule has 1 atom stereocenters. The average Bonchev–Trinajstić information content (AvgIpc) is 2.80. The maximum atomic E-state index is 11.9. The Hall–Kier alpha value is -1.75. The van der Waals surface area contributed by atoms with Gasteiger partial charge in [0.15, 0.2) is 0 Å². The zero-order chi connectivity index (χ0) is 13.7.